The average Bonchev–Trinajstić information content (AvgIpc) is 3.50. The largest absolute Gasteiger partial charge is 0.311 e. The molecule has 2 aliphatic heterocycles. The third-order valence-corrected chi connectivity index (χ3v) is 16.0. The summed E-state index contributed by atoms with van der Waals surface area (Å²) in [6.07, 6.45) is 2.42. The van der Waals surface area contributed by atoms with Crippen molar-refractivity contribution in [3.8, 4) is 0 Å². The maximum Gasteiger partial charge on any atom is 0.264 e. The van der Waals surface area contributed by atoms with Crippen LogP contribution in [-0.2, 0) is 21.7 Å². The molecule has 0 fully saturated rings. The van der Waals surface area contributed by atoms with E-state index in [2.05, 4.69) is 190 Å². The van der Waals surface area contributed by atoms with Crippen molar-refractivity contribution in [2.24, 2.45) is 0 Å². The van der Waals surface area contributed by atoms with Gasteiger partial charge in [0.05, 0.1) is 14.5 Å². The minimum atomic E-state index is -0.575. The summed E-state index contributed by atoms with van der Waals surface area (Å²) >= 11 is 2.05. The van der Waals surface area contributed by atoms with Gasteiger partial charge in [0.1, 0.15) is 0 Å². The van der Waals surface area contributed by atoms with Crippen molar-refractivity contribution in [3.05, 3.63) is 119 Å². The van der Waals surface area contributed by atoms with Crippen molar-refractivity contribution < 1.29 is 0 Å². The van der Waals surface area contributed by atoms with Crippen LogP contribution < -0.4 is 30.7 Å². The standard InChI is InChI=1S/C51H58BN2SSi/c1-31-26-42-45-43(27-31)54(35-19-21-36(22-20-35)56(12)13)46-37-29-38-39(51(10,11)25-24-50(38,8)9)30-44(37)55-47(46)52(45)40-28-33(49(5,6)7)16-23-41(40)53(42)34-17-14-32(15-18-34)48(2,3)4/h14-23,26-30H,24-25H2,1-13H3. The molecule has 3 heterocycles. The lowest BCUT2D eigenvalue weighted by atomic mass is 9.36. The van der Waals surface area contributed by atoms with Gasteiger partial charge in [-0.3, -0.25) is 0 Å². The van der Waals surface area contributed by atoms with E-state index in [4.69, 9.17) is 0 Å². The summed E-state index contributed by atoms with van der Waals surface area (Å²) in [6, 6.07) is 36.5. The second-order valence-electron chi connectivity index (χ2n) is 20.7. The molecule has 5 aromatic carbocycles. The third-order valence-electron chi connectivity index (χ3n) is 13.3. The molecule has 3 aliphatic rings. The van der Waals surface area contributed by atoms with Crippen LogP contribution in [0.5, 0.6) is 0 Å². The summed E-state index contributed by atoms with van der Waals surface area (Å²) in [7, 11) is -0.575. The zero-order valence-corrected chi connectivity index (χ0v) is 37.8. The Morgan fingerprint density at radius 1 is 0.625 bits per heavy atom. The molecule has 0 atom stereocenters. The Kier molecular flexibility index (Phi) is 8.35. The molecule has 5 heteroatoms. The zero-order chi connectivity index (χ0) is 39.9. The quantitative estimate of drug-likeness (QED) is 0.165. The molecule has 0 bridgehead atoms. The van der Waals surface area contributed by atoms with Crippen molar-refractivity contribution >= 4 is 91.9 Å². The molecule has 0 saturated carbocycles. The van der Waals surface area contributed by atoms with E-state index >= 15 is 0 Å². The van der Waals surface area contributed by atoms with E-state index in [1.54, 1.807) is 0 Å². The minimum absolute atomic E-state index is 0.0190. The normalized spacial score (nSPS) is 16.9. The van der Waals surface area contributed by atoms with Crippen LogP contribution in [-0.4, -0.2) is 15.5 Å². The van der Waals surface area contributed by atoms with Crippen LogP contribution in [0, 0.1) is 6.92 Å². The molecular formula is C51H58BN2SSi. The Hall–Kier alpha value is -4.06. The number of benzene rings is 5. The number of aryl methyl sites for hydroxylation is 1. The molecule has 1 aliphatic carbocycles. The van der Waals surface area contributed by atoms with Crippen molar-refractivity contribution in [1.29, 1.82) is 0 Å². The molecule has 6 aromatic rings. The van der Waals surface area contributed by atoms with Gasteiger partial charge in [-0.1, -0.05) is 124 Å². The molecule has 0 unspecified atom stereocenters. The maximum absolute atomic E-state index is 2.66. The highest BCUT2D eigenvalue weighted by Crippen LogP contribution is 2.52. The Balaban J connectivity index is 1.39. The summed E-state index contributed by atoms with van der Waals surface area (Å²) in [5.74, 6) is 0. The average molecular weight is 770 g/mol. The van der Waals surface area contributed by atoms with Crippen LogP contribution in [0.2, 0.25) is 13.1 Å². The first-order valence-electron chi connectivity index (χ1n) is 20.8. The SMILES string of the molecule is Cc1cc2c3c(c1)N(c1ccc([Si](C)C)cc1)c1c(sc4cc5c(cc14)C(C)(C)CCC5(C)C)B3c1cc(C(C)(C)C)ccc1N2c1ccc(C(C)(C)C)cc1. The lowest BCUT2D eigenvalue weighted by Crippen LogP contribution is -2.60. The summed E-state index contributed by atoms with van der Waals surface area (Å²) in [5, 5.41) is 2.87. The lowest BCUT2D eigenvalue weighted by molar-refractivity contribution is 0.332. The van der Waals surface area contributed by atoms with E-state index in [9.17, 15) is 0 Å². The van der Waals surface area contributed by atoms with Crippen LogP contribution in [0.15, 0.2) is 91.0 Å². The van der Waals surface area contributed by atoms with Crippen LogP contribution in [0.4, 0.5) is 34.1 Å². The molecule has 0 amide bonds. The number of thiophene rings is 1. The molecule has 1 aromatic heterocycles. The van der Waals surface area contributed by atoms with E-state index in [1.807, 2.05) is 11.3 Å². The van der Waals surface area contributed by atoms with Gasteiger partial charge in [-0.15, -0.1) is 11.3 Å². The maximum atomic E-state index is 2.66. The van der Waals surface area contributed by atoms with Gasteiger partial charge >= 0.3 is 0 Å². The van der Waals surface area contributed by atoms with E-state index in [0.717, 1.165) is 0 Å². The summed E-state index contributed by atoms with van der Waals surface area (Å²) in [5.41, 5.74) is 18.0. The molecular weight excluding hydrogens is 712 g/mol. The monoisotopic (exact) mass is 769 g/mol. The van der Waals surface area contributed by atoms with Crippen molar-refractivity contribution in [2.75, 3.05) is 9.80 Å². The number of hydrogen-bond acceptors (Lipinski definition) is 3. The first-order valence-corrected chi connectivity index (χ1v) is 24.1. The van der Waals surface area contributed by atoms with Gasteiger partial charge in [0.25, 0.3) is 6.71 Å². The Labute approximate surface area is 342 Å². The molecule has 2 nitrogen and oxygen atoms in total. The first kappa shape index (κ1) is 37.5. The van der Waals surface area contributed by atoms with Crippen LogP contribution in [0.3, 0.4) is 0 Å². The smallest absolute Gasteiger partial charge is 0.264 e. The Bertz CT molecular complexity index is 2540. The van der Waals surface area contributed by atoms with E-state index in [1.165, 1.54) is 106 Å². The molecule has 0 N–H and O–H groups in total. The van der Waals surface area contributed by atoms with Gasteiger partial charge in [-0.05, 0) is 135 Å². The van der Waals surface area contributed by atoms with Crippen molar-refractivity contribution in [2.45, 2.75) is 124 Å². The highest BCUT2D eigenvalue weighted by molar-refractivity contribution is 7.33. The molecule has 0 saturated heterocycles. The number of nitrogens with zero attached hydrogens (tertiary/aromatic N) is 2. The lowest BCUT2D eigenvalue weighted by Gasteiger charge is -2.44. The van der Waals surface area contributed by atoms with Gasteiger partial charge in [-0.25, -0.2) is 0 Å². The summed E-state index contributed by atoms with van der Waals surface area (Å²) in [4.78, 5) is 5.23. The highest BCUT2D eigenvalue weighted by Gasteiger charge is 2.47. The number of anilines is 6. The predicted octanol–water partition coefficient (Wildman–Crippen LogP) is 12.2. The second kappa shape index (κ2) is 12.5. The van der Waals surface area contributed by atoms with Gasteiger partial charge in [-0.2, -0.15) is 0 Å². The molecule has 285 valence electrons. The number of hydrogen-bond donors (Lipinski definition) is 0. The van der Waals surface area contributed by atoms with E-state index < -0.39 is 8.80 Å². The fraction of sp³-hybridized carbons (Fsp3) is 0.373. The number of rotatable bonds is 3. The second-order valence-corrected chi connectivity index (χ2v) is 24.3. The third kappa shape index (κ3) is 5.77. The van der Waals surface area contributed by atoms with Crippen molar-refractivity contribution in [3.63, 3.8) is 0 Å². The Morgan fingerprint density at radius 2 is 1.16 bits per heavy atom. The predicted molar refractivity (Wildman–Crippen MR) is 250 cm³/mol. The van der Waals surface area contributed by atoms with E-state index in [-0.39, 0.29) is 28.4 Å². The van der Waals surface area contributed by atoms with Gasteiger partial charge < -0.3 is 9.80 Å². The fourth-order valence-corrected chi connectivity index (χ4v) is 11.9. The van der Waals surface area contributed by atoms with Crippen LogP contribution >= 0.6 is 11.3 Å². The van der Waals surface area contributed by atoms with Gasteiger partial charge in [0.2, 0.25) is 0 Å². The topological polar surface area (TPSA) is 6.48 Å². The number of fused-ring (bicyclic) bond motifs is 7. The summed E-state index contributed by atoms with van der Waals surface area (Å²) in [6.45, 7) is 31.0. The molecule has 56 heavy (non-hydrogen) atoms. The van der Waals surface area contributed by atoms with Crippen LogP contribution in [0.25, 0.3) is 10.1 Å². The Morgan fingerprint density at radius 3 is 1.75 bits per heavy atom. The van der Waals surface area contributed by atoms with Gasteiger partial charge in [0, 0.05) is 43.3 Å². The zero-order valence-electron chi connectivity index (χ0n) is 36.0. The fourth-order valence-electron chi connectivity index (χ4n) is 9.75. The molecule has 9 rings (SSSR count). The van der Waals surface area contributed by atoms with Gasteiger partial charge in [0.15, 0.2) is 0 Å². The first-order chi connectivity index (χ1) is 26.2. The van der Waals surface area contributed by atoms with Crippen molar-refractivity contribution in [1.82, 2.24) is 0 Å². The van der Waals surface area contributed by atoms with Crippen LogP contribution in [0.1, 0.15) is 110 Å². The molecule has 1 radical (unpaired) electrons. The minimum Gasteiger partial charge on any atom is -0.311 e. The molecule has 0 spiro atoms. The highest BCUT2D eigenvalue weighted by atomic mass is 32.1. The summed E-state index contributed by atoms with van der Waals surface area (Å²) < 4.78 is 2.87. The van der Waals surface area contributed by atoms with E-state index in [0.29, 0.717) is 0 Å².